The van der Waals surface area contributed by atoms with Gasteiger partial charge in [-0.2, -0.15) is 0 Å². The Bertz CT molecular complexity index is 493. The highest BCUT2D eigenvalue weighted by molar-refractivity contribution is 6.61. The van der Waals surface area contributed by atoms with Crippen molar-refractivity contribution in [1.29, 1.82) is 0 Å². The topological polar surface area (TPSA) is 76.0 Å². The summed E-state index contributed by atoms with van der Waals surface area (Å²) >= 11 is 0. The maximum Gasteiger partial charge on any atom is 0.492 e. The zero-order valence-electron chi connectivity index (χ0n) is 13.2. The molecule has 6 heteroatoms. The number of hydrogen-bond donors (Lipinski definition) is 2. The van der Waals surface area contributed by atoms with Crippen LogP contribution in [0.25, 0.3) is 0 Å². The van der Waals surface area contributed by atoms with Gasteiger partial charge in [-0.3, -0.25) is 0 Å². The molecule has 5 nitrogen and oxygen atoms in total. The molecule has 0 bridgehead atoms. The van der Waals surface area contributed by atoms with Crippen molar-refractivity contribution in [1.82, 2.24) is 0 Å². The molecule has 0 fully saturated rings. The molecule has 0 saturated heterocycles. The monoisotopic (exact) mass is 294 g/mol. The van der Waals surface area contributed by atoms with Gasteiger partial charge in [0.2, 0.25) is 0 Å². The second-order valence-corrected chi connectivity index (χ2v) is 5.85. The molecule has 0 aliphatic heterocycles. The van der Waals surface area contributed by atoms with Gasteiger partial charge in [0.1, 0.15) is 0 Å². The molecule has 0 spiro atoms. The SMILES string of the molecule is CCOC(=O)c1ccccc1B(O)OC(C)(C)C(C)(C)O. The molecule has 0 amide bonds. The summed E-state index contributed by atoms with van der Waals surface area (Å²) in [6.07, 6.45) is 0. The summed E-state index contributed by atoms with van der Waals surface area (Å²) in [4.78, 5) is 11.9. The number of carbonyl (C=O) groups excluding carboxylic acids is 1. The van der Waals surface area contributed by atoms with E-state index in [1.54, 1.807) is 58.9 Å². The van der Waals surface area contributed by atoms with E-state index < -0.39 is 24.3 Å². The second-order valence-electron chi connectivity index (χ2n) is 5.85. The Hall–Kier alpha value is -1.37. The molecule has 0 heterocycles. The smallest absolute Gasteiger partial charge is 0.462 e. The average Bonchev–Trinajstić information content (AvgIpc) is 2.37. The standard InChI is InChI=1S/C15H23BO5/c1-6-20-13(17)11-9-7-8-10-12(11)16(19)21-15(4,5)14(2,3)18/h7-10,18-19H,6H2,1-5H3. The molecule has 2 N–H and O–H groups in total. The first kappa shape index (κ1) is 17.7. The number of hydrogen-bond acceptors (Lipinski definition) is 5. The summed E-state index contributed by atoms with van der Waals surface area (Å²) in [5.74, 6) is -0.517. The van der Waals surface area contributed by atoms with Gasteiger partial charge in [-0.15, -0.1) is 0 Å². The predicted octanol–water partition coefficient (Wildman–Crippen LogP) is 1.12. The van der Waals surface area contributed by atoms with Crippen LogP contribution in [0.3, 0.4) is 0 Å². The number of aliphatic hydroxyl groups is 1. The molecule has 116 valence electrons. The minimum atomic E-state index is -1.34. The molecule has 0 radical (unpaired) electrons. The summed E-state index contributed by atoms with van der Waals surface area (Å²) in [5.41, 5.74) is -1.60. The molecule has 1 rings (SSSR count). The van der Waals surface area contributed by atoms with Gasteiger partial charge in [-0.25, -0.2) is 4.79 Å². The largest absolute Gasteiger partial charge is 0.492 e. The van der Waals surface area contributed by atoms with Crippen LogP contribution in [0.4, 0.5) is 0 Å². The Kier molecular flexibility index (Phi) is 5.56. The number of esters is 1. The minimum absolute atomic E-state index is 0.249. The highest BCUT2D eigenvalue weighted by Crippen LogP contribution is 2.25. The van der Waals surface area contributed by atoms with E-state index in [-0.39, 0.29) is 12.2 Å². The first-order valence-electron chi connectivity index (χ1n) is 6.94. The molecule has 0 saturated carbocycles. The van der Waals surface area contributed by atoms with Crippen molar-refractivity contribution in [3.05, 3.63) is 29.8 Å². The van der Waals surface area contributed by atoms with Crippen molar-refractivity contribution >= 4 is 18.6 Å². The van der Waals surface area contributed by atoms with E-state index in [0.29, 0.717) is 5.46 Å². The maximum atomic E-state index is 11.9. The van der Waals surface area contributed by atoms with Crippen molar-refractivity contribution in [2.45, 2.75) is 45.8 Å². The molecule has 0 aliphatic rings. The summed E-state index contributed by atoms with van der Waals surface area (Å²) < 4.78 is 10.5. The van der Waals surface area contributed by atoms with Crippen LogP contribution in [0.2, 0.25) is 0 Å². The number of benzene rings is 1. The van der Waals surface area contributed by atoms with E-state index in [2.05, 4.69) is 0 Å². The zero-order chi connectivity index (χ0) is 16.3. The van der Waals surface area contributed by atoms with Gasteiger partial charge < -0.3 is 19.5 Å². The zero-order valence-corrected chi connectivity index (χ0v) is 13.2. The fraction of sp³-hybridized carbons (Fsp3) is 0.533. The molecule has 1 aromatic rings. The lowest BCUT2D eigenvalue weighted by Gasteiger charge is -2.38. The van der Waals surface area contributed by atoms with Crippen molar-refractivity contribution in [3.63, 3.8) is 0 Å². The van der Waals surface area contributed by atoms with Gasteiger partial charge in [-0.05, 0) is 46.1 Å². The van der Waals surface area contributed by atoms with Crippen LogP contribution in [0, 0.1) is 0 Å². The van der Waals surface area contributed by atoms with E-state index in [1.807, 2.05) is 0 Å². The van der Waals surface area contributed by atoms with Gasteiger partial charge in [-0.1, -0.05) is 18.2 Å². The van der Waals surface area contributed by atoms with Gasteiger partial charge in [0.05, 0.1) is 23.4 Å². The quantitative estimate of drug-likeness (QED) is 0.607. The number of rotatable bonds is 6. The van der Waals surface area contributed by atoms with Crippen molar-refractivity contribution in [2.24, 2.45) is 0 Å². The lowest BCUT2D eigenvalue weighted by molar-refractivity contribution is -0.0982. The van der Waals surface area contributed by atoms with Crippen LogP contribution in [0.15, 0.2) is 24.3 Å². The normalized spacial score (nSPS) is 12.1. The summed E-state index contributed by atoms with van der Waals surface area (Å²) in [7, 11) is -1.34. The van der Waals surface area contributed by atoms with Crippen molar-refractivity contribution in [2.75, 3.05) is 6.61 Å². The van der Waals surface area contributed by atoms with Crippen LogP contribution < -0.4 is 5.46 Å². The third-order valence-corrected chi connectivity index (χ3v) is 3.60. The van der Waals surface area contributed by atoms with E-state index in [0.717, 1.165) is 0 Å². The van der Waals surface area contributed by atoms with E-state index in [4.69, 9.17) is 9.39 Å². The van der Waals surface area contributed by atoms with Crippen LogP contribution >= 0.6 is 0 Å². The summed E-state index contributed by atoms with van der Waals surface area (Å²) in [5, 5.41) is 20.4. The van der Waals surface area contributed by atoms with Crippen molar-refractivity contribution in [3.8, 4) is 0 Å². The van der Waals surface area contributed by atoms with E-state index in [1.165, 1.54) is 0 Å². The average molecular weight is 294 g/mol. The Morgan fingerprint density at radius 2 is 1.81 bits per heavy atom. The Labute approximate surface area is 126 Å². The Morgan fingerprint density at radius 1 is 1.24 bits per heavy atom. The van der Waals surface area contributed by atoms with Crippen LogP contribution in [-0.2, 0) is 9.39 Å². The predicted molar refractivity (Wildman–Crippen MR) is 81.5 cm³/mol. The highest BCUT2D eigenvalue weighted by Gasteiger charge is 2.40. The maximum absolute atomic E-state index is 11.9. The van der Waals surface area contributed by atoms with Gasteiger partial charge in [0.15, 0.2) is 0 Å². The highest BCUT2D eigenvalue weighted by atomic mass is 16.6. The fourth-order valence-corrected chi connectivity index (χ4v) is 1.59. The first-order valence-corrected chi connectivity index (χ1v) is 6.94. The second kappa shape index (κ2) is 6.60. The van der Waals surface area contributed by atoms with Crippen LogP contribution in [0.1, 0.15) is 45.0 Å². The number of carbonyl (C=O) groups is 1. The van der Waals surface area contributed by atoms with Crippen molar-refractivity contribution < 1.29 is 24.3 Å². The first-order chi connectivity index (χ1) is 9.60. The van der Waals surface area contributed by atoms with Gasteiger partial charge in [0.25, 0.3) is 0 Å². The molecular weight excluding hydrogens is 271 g/mol. The molecule has 0 aliphatic carbocycles. The molecule has 21 heavy (non-hydrogen) atoms. The lowest BCUT2D eigenvalue weighted by Crippen LogP contribution is -2.53. The third-order valence-electron chi connectivity index (χ3n) is 3.60. The molecule has 0 aromatic heterocycles. The lowest BCUT2D eigenvalue weighted by atomic mass is 9.74. The Balaban J connectivity index is 3.03. The fourth-order valence-electron chi connectivity index (χ4n) is 1.59. The molecule has 1 aromatic carbocycles. The number of ether oxygens (including phenoxy) is 1. The van der Waals surface area contributed by atoms with Crippen LogP contribution in [-0.4, -0.2) is 41.0 Å². The Morgan fingerprint density at radius 3 is 2.33 bits per heavy atom. The third kappa shape index (κ3) is 4.30. The van der Waals surface area contributed by atoms with E-state index >= 15 is 0 Å². The van der Waals surface area contributed by atoms with Gasteiger partial charge >= 0.3 is 13.1 Å². The molecule has 0 atom stereocenters. The summed E-state index contributed by atoms with van der Waals surface area (Å²) in [6.45, 7) is 8.49. The van der Waals surface area contributed by atoms with E-state index in [9.17, 15) is 14.9 Å². The molecule has 0 unspecified atom stereocenters. The van der Waals surface area contributed by atoms with Gasteiger partial charge in [0, 0.05) is 0 Å². The van der Waals surface area contributed by atoms with Crippen LogP contribution in [0.5, 0.6) is 0 Å². The minimum Gasteiger partial charge on any atom is -0.462 e. The summed E-state index contributed by atoms with van der Waals surface area (Å²) in [6, 6.07) is 6.54. The molecular formula is C15H23BO5.